The first-order valence-electron chi connectivity index (χ1n) is 9.83. The van der Waals surface area contributed by atoms with Crippen molar-refractivity contribution in [2.75, 3.05) is 18.0 Å². The van der Waals surface area contributed by atoms with Gasteiger partial charge in [-0.3, -0.25) is 4.79 Å². The highest BCUT2D eigenvalue weighted by atomic mass is 19.4. The summed E-state index contributed by atoms with van der Waals surface area (Å²) in [6.07, 6.45) is 0.186. The second-order valence-electron chi connectivity index (χ2n) is 7.63. The number of nitrogens with zero attached hydrogens (tertiary/aromatic N) is 4. The number of halogens is 4. The number of imidazole rings is 1. The largest absolute Gasteiger partial charge is 0.419 e. The minimum Gasteiger partial charge on any atom is -0.366 e. The van der Waals surface area contributed by atoms with Gasteiger partial charge in [-0.15, -0.1) is 0 Å². The van der Waals surface area contributed by atoms with E-state index in [2.05, 4.69) is 19.9 Å². The van der Waals surface area contributed by atoms with Gasteiger partial charge in [-0.2, -0.15) is 13.2 Å². The Morgan fingerprint density at radius 1 is 1.19 bits per heavy atom. The van der Waals surface area contributed by atoms with Gasteiger partial charge in [0.2, 0.25) is 5.95 Å². The molecule has 1 aliphatic rings. The minimum atomic E-state index is -4.44. The van der Waals surface area contributed by atoms with E-state index in [1.807, 2.05) is 4.90 Å². The number of benzene rings is 1. The van der Waals surface area contributed by atoms with Crippen LogP contribution in [0, 0.1) is 11.7 Å². The molecule has 7 nitrogen and oxygen atoms in total. The highest BCUT2D eigenvalue weighted by Gasteiger charge is 2.31. The van der Waals surface area contributed by atoms with Crippen LogP contribution >= 0.6 is 0 Å². The molecule has 1 saturated heterocycles. The zero-order valence-corrected chi connectivity index (χ0v) is 16.4. The van der Waals surface area contributed by atoms with Crippen molar-refractivity contribution in [1.82, 2.24) is 19.9 Å². The molecule has 0 unspecified atom stereocenters. The highest BCUT2D eigenvalue weighted by Crippen LogP contribution is 2.29. The number of nitrogens with one attached hydrogen (secondary N) is 1. The number of nitrogens with two attached hydrogens (primary N) is 1. The van der Waals surface area contributed by atoms with Gasteiger partial charge in [0.15, 0.2) is 0 Å². The Kier molecular flexibility index (Phi) is 5.50. The first-order valence-corrected chi connectivity index (χ1v) is 9.83. The molecule has 0 radical (unpaired) electrons. The van der Waals surface area contributed by atoms with Crippen molar-refractivity contribution in [1.29, 1.82) is 0 Å². The van der Waals surface area contributed by atoms with Crippen molar-refractivity contribution in [3.8, 4) is 0 Å². The number of aromatic nitrogens is 4. The van der Waals surface area contributed by atoms with Gasteiger partial charge in [-0.05, 0) is 37.3 Å². The third kappa shape index (κ3) is 4.59. The van der Waals surface area contributed by atoms with Crippen LogP contribution in [0.4, 0.5) is 23.5 Å². The summed E-state index contributed by atoms with van der Waals surface area (Å²) in [5, 5.41) is 0. The van der Waals surface area contributed by atoms with Crippen LogP contribution in [0.15, 0.2) is 24.5 Å². The Hall–Kier alpha value is -3.24. The molecular formula is C20H20F4N6O. The average molecular weight is 436 g/mol. The summed E-state index contributed by atoms with van der Waals surface area (Å²) in [5.41, 5.74) is 5.25. The number of rotatable bonds is 5. The summed E-state index contributed by atoms with van der Waals surface area (Å²) in [5.74, 6) is 0.0129. The average Bonchev–Trinajstić information content (AvgIpc) is 3.15. The number of alkyl halides is 3. The van der Waals surface area contributed by atoms with Crippen LogP contribution in [-0.4, -0.2) is 38.9 Å². The van der Waals surface area contributed by atoms with E-state index in [0.29, 0.717) is 48.2 Å². The second kappa shape index (κ2) is 8.12. The topological polar surface area (TPSA) is 101 Å². The van der Waals surface area contributed by atoms with Crippen LogP contribution in [-0.2, 0) is 12.6 Å². The van der Waals surface area contributed by atoms with E-state index in [-0.39, 0.29) is 5.56 Å². The molecule has 164 valence electrons. The Labute approximate surface area is 174 Å². The standard InChI is InChI=1S/C20H20F4N6O/c21-13-7-14(18(25)31)17-15(8-13)28-19(29-17)30-5-3-11(4-6-30)1-2-16-26-9-12(10-27-16)20(22,23)24/h7-11H,1-6H2,(H2,25,31)(H,28,29). The van der Waals surface area contributed by atoms with Crippen LogP contribution in [0.25, 0.3) is 11.0 Å². The fraction of sp³-hybridized carbons (Fsp3) is 0.400. The molecule has 1 amide bonds. The van der Waals surface area contributed by atoms with Gasteiger partial charge in [0.05, 0.1) is 16.6 Å². The van der Waals surface area contributed by atoms with Gasteiger partial charge in [0, 0.05) is 31.9 Å². The highest BCUT2D eigenvalue weighted by molar-refractivity contribution is 6.04. The van der Waals surface area contributed by atoms with Gasteiger partial charge in [0.25, 0.3) is 5.91 Å². The number of anilines is 1. The maximum Gasteiger partial charge on any atom is 0.419 e. The fourth-order valence-corrected chi connectivity index (χ4v) is 3.80. The third-order valence-electron chi connectivity index (χ3n) is 5.53. The van der Waals surface area contributed by atoms with Crippen molar-refractivity contribution >= 4 is 22.9 Å². The van der Waals surface area contributed by atoms with Gasteiger partial charge in [0.1, 0.15) is 17.2 Å². The number of hydrogen-bond acceptors (Lipinski definition) is 5. The molecule has 0 atom stereocenters. The van der Waals surface area contributed by atoms with Gasteiger partial charge >= 0.3 is 6.18 Å². The zero-order chi connectivity index (χ0) is 22.2. The summed E-state index contributed by atoms with van der Waals surface area (Å²) in [6, 6.07) is 2.35. The minimum absolute atomic E-state index is 0.0314. The predicted octanol–water partition coefficient (Wildman–Crippen LogP) is 3.46. The number of amides is 1. The molecule has 1 aliphatic heterocycles. The number of primary amides is 1. The first-order chi connectivity index (χ1) is 14.7. The van der Waals surface area contributed by atoms with Crippen molar-refractivity contribution in [2.24, 2.45) is 11.7 Å². The third-order valence-corrected chi connectivity index (χ3v) is 5.53. The van der Waals surface area contributed by atoms with Gasteiger partial charge in [-0.25, -0.2) is 19.3 Å². The monoisotopic (exact) mass is 436 g/mol. The molecule has 0 saturated carbocycles. The van der Waals surface area contributed by atoms with Crippen LogP contribution in [0.3, 0.4) is 0 Å². The number of piperidine rings is 1. The SMILES string of the molecule is NC(=O)c1cc(F)cc2[nH]c(N3CCC(CCc4ncc(C(F)(F)F)cn4)CC3)nc12. The summed E-state index contributed by atoms with van der Waals surface area (Å²) >= 11 is 0. The molecule has 3 heterocycles. The van der Waals surface area contributed by atoms with E-state index in [9.17, 15) is 22.4 Å². The maximum absolute atomic E-state index is 13.7. The Morgan fingerprint density at radius 3 is 2.48 bits per heavy atom. The molecular weight excluding hydrogens is 416 g/mol. The lowest BCUT2D eigenvalue weighted by atomic mass is 9.92. The van der Waals surface area contributed by atoms with Crippen molar-refractivity contribution in [3.63, 3.8) is 0 Å². The molecule has 0 bridgehead atoms. The molecule has 0 aliphatic carbocycles. The van der Waals surface area contributed by atoms with E-state index >= 15 is 0 Å². The molecule has 2 aromatic heterocycles. The summed E-state index contributed by atoms with van der Waals surface area (Å²) in [6.45, 7) is 1.40. The molecule has 1 fully saturated rings. The quantitative estimate of drug-likeness (QED) is 0.597. The lowest BCUT2D eigenvalue weighted by molar-refractivity contribution is -0.138. The Balaban J connectivity index is 1.36. The van der Waals surface area contributed by atoms with Crippen LogP contribution < -0.4 is 10.6 Å². The normalized spacial score (nSPS) is 15.5. The Bertz CT molecular complexity index is 1090. The molecule has 3 aromatic rings. The van der Waals surface area contributed by atoms with Crippen molar-refractivity contribution in [3.05, 3.63) is 47.3 Å². The number of H-pyrrole nitrogens is 1. The number of carbonyl (C=O) groups excluding carboxylic acids is 1. The van der Waals surface area contributed by atoms with E-state index < -0.39 is 23.5 Å². The number of aromatic amines is 1. The van der Waals surface area contributed by atoms with E-state index in [1.54, 1.807) is 0 Å². The maximum atomic E-state index is 13.7. The molecule has 3 N–H and O–H groups in total. The Morgan fingerprint density at radius 2 is 1.87 bits per heavy atom. The van der Waals surface area contributed by atoms with Crippen LogP contribution in [0.5, 0.6) is 0 Å². The zero-order valence-electron chi connectivity index (χ0n) is 16.4. The van der Waals surface area contributed by atoms with Gasteiger partial charge < -0.3 is 15.6 Å². The molecule has 4 rings (SSSR count). The van der Waals surface area contributed by atoms with Crippen LogP contribution in [0.2, 0.25) is 0 Å². The smallest absolute Gasteiger partial charge is 0.366 e. The molecule has 1 aromatic carbocycles. The molecule has 11 heteroatoms. The number of hydrogen-bond donors (Lipinski definition) is 2. The number of fused-ring (bicyclic) bond motifs is 1. The fourth-order valence-electron chi connectivity index (χ4n) is 3.80. The molecule has 0 spiro atoms. The van der Waals surface area contributed by atoms with Crippen molar-refractivity contribution < 1.29 is 22.4 Å². The lowest BCUT2D eigenvalue weighted by Crippen LogP contribution is -2.34. The van der Waals surface area contributed by atoms with Gasteiger partial charge in [-0.1, -0.05) is 0 Å². The van der Waals surface area contributed by atoms with E-state index in [0.717, 1.165) is 37.7 Å². The lowest BCUT2D eigenvalue weighted by Gasteiger charge is -2.31. The first kappa shape index (κ1) is 21.0. The second-order valence-corrected chi connectivity index (χ2v) is 7.63. The predicted molar refractivity (Wildman–Crippen MR) is 105 cm³/mol. The summed E-state index contributed by atoms with van der Waals surface area (Å²) in [4.78, 5) is 28.7. The summed E-state index contributed by atoms with van der Waals surface area (Å²) < 4.78 is 51.5. The van der Waals surface area contributed by atoms with Crippen molar-refractivity contribution in [2.45, 2.75) is 31.9 Å². The van der Waals surface area contributed by atoms with E-state index in [4.69, 9.17) is 5.73 Å². The number of aryl methyl sites for hydroxylation is 1. The summed E-state index contributed by atoms with van der Waals surface area (Å²) in [7, 11) is 0. The molecule has 31 heavy (non-hydrogen) atoms. The van der Waals surface area contributed by atoms with Crippen LogP contribution in [0.1, 0.15) is 41.0 Å². The number of carbonyl (C=O) groups is 1. The van der Waals surface area contributed by atoms with E-state index in [1.165, 1.54) is 6.07 Å².